The maximum atomic E-state index is 10.0. The highest BCUT2D eigenvalue weighted by Gasteiger charge is 2.28. The highest BCUT2D eigenvalue weighted by Crippen LogP contribution is 2.38. The summed E-state index contributed by atoms with van der Waals surface area (Å²) >= 11 is 0. The number of nitrogens with one attached hydrogen (secondary N) is 1. The normalized spacial score (nSPS) is 19.7. The van der Waals surface area contributed by atoms with Crippen molar-refractivity contribution < 1.29 is 14.6 Å². The van der Waals surface area contributed by atoms with Gasteiger partial charge in [0.25, 0.3) is 0 Å². The third-order valence-corrected chi connectivity index (χ3v) is 7.39. The van der Waals surface area contributed by atoms with E-state index in [1.807, 2.05) is 24.3 Å². The van der Waals surface area contributed by atoms with Crippen LogP contribution in [0.2, 0.25) is 0 Å². The van der Waals surface area contributed by atoms with E-state index < -0.39 is 0 Å². The molecule has 0 saturated carbocycles. The summed E-state index contributed by atoms with van der Waals surface area (Å²) in [7, 11) is 1.70. The van der Waals surface area contributed by atoms with Crippen LogP contribution in [0, 0.1) is 0 Å². The lowest BCUT2D eigenvalue weighted by Gasteiger charge is -2.39. The number of methoxy groups -OCH3 is 1. The Hall–Kier alpha value is -3.18. The molecule has 2 unspecified atom stereocenters. The first-order valence-corrected chi connectivity index (χ1v) is 12.9. The van der Waals surface area contributed by atoms with Crippen molar-refractivity contribution in [3.63, 3.8) is 0 Å². The lowest BCUT2D eigenvalue weighted by molar-refractivity contribution is 0.268. The number of hydrogen-bond acceptors (Lipinski definition) is 5. The first kappa shape index (κ1) is 23.6. The second kappa shape index (κ2) is 11.0. The van der Waals surface area contributed by atoms with Crippen LogP contribution in [0.15, 0.2) is 66.7 Å². The molecule has 5 rings (SSSR count). The van der Waals surface area contributed by atoms with Crippen molar-refractivity contribution in [3.8, 4) is 17.2 Å². The number of nitrogens with zero attached hydrogens (tertiary/aromatic N) is 1. The summed E-state index contributed by atoms with van der Waals surface area (Å²) in [6, 6.07) is 23.5. The largest absolute Gasteiger partial charge is 0.508 e. The Kier molecular flexibility index (Phi) is 7.43. The van der Waals surface area contributed by atoms with Crippen LogP contribution in [-0.4, -0.2) is 38.0 Å². The van der Waals surface area contributed by atoms with E-state index in [1.54, 1.807) is 7.11 Å². The molecule has 0 amide bonds. The molecule has 3 aromatic rings. The Labute approximate surface area is 208 Å². The van der Waals surface area contributed by atoms with Gasteiger partial charge in [-0.2, -0.15) is 0 Å². The van der Waals surface area contributed by atoms with Gasteiger partial charge in [-0.3, -0.25) is 0 Å². The van der Waals surface area contributed by atoms with E-state index in [0.717, 1.165) is 50.5 Å². The number of hydrogen-bond donors (Lipinski definition) is 2. The highest BCUT2D eigenvalue weighted by atomic mass is 16.5. The number of anilines is 1. The summed E-state index contributed by atoms with van der Waals surface area (Å²) in [5.74, 6) is 2.14. The topological polar surface area (TPSA) is 54.0 Å². The zero-order chi connectivity index (χ0) is 24.0. The molecule has 184 valence electrons. The number of fused-ring (bicyclic) bond motifs is 1. The van der Waals surface area contributed by atoms with Crippen molar-refractivity contribution >= 4 is 5.69 Å². The highest BCUT2D eigenvalue weighted by molar-refractivity contribution is 5.55. The smallest absolute Gasteiger partial charge is 0.119 e. The molecule has 5 nitrogen and oxygen atoms in total. The average molecular weight is 473 g/mol. The van der Waals surface area contributed by atoms with Gasteiger partial charge < -0.3 is 24.8 Å². The minimum Gasteiger partial charge on any atom is -0.508 e. The first-order valence-electron chi connectivity index (χ1n) is 12.9. The number of aromatic hydroxyl groups is 1. The summed E-state index contributed by atoms with van der Waals surface area (Å²) < 4.78 is 11.4. The van der Waals surface area contributed by atoms with Gasteiger partial charge in [-0.1, -0.05) is 24.6 Å². The van der Waals surface area contributed by atoms with Crippen molar-refractivity contribution in [1.29, 1.82) is 0 Å². The summed E-state index contributed by atoms with van der Waals surface area (Å²) in [5.41, 5.74) is 4.97. The van der Waals surface area contributed by atoms with Crippen LogP contribution in [0.4, 0.5) is 5.69 Å². The number of phenols is 1. The molecule has 1 saturated heterocycles. The maximum absolute atomic E-state index is 10.0. The van der Waals surface area contributed by atoms with E-state index in [2.05, 4.69) is 52.7 Å². The summed E-state index contributed by atoms with van der Waals surface area (Å²) in [6.07, 6.45) is 6.73. The Morgan fingerprint density at radius 1 is 0.971 bits per heavy atom. The van der Waals surface area contributed by atoms with Crippen LogP contribution in [0.5, 0.6) is 17.2 Å². The minimum atomic E-state index is 0.192. The van der Waals surface area contributed by atoms with E-state index in [9.17, 15) is 5.11 Å². The number of ether oxygens (including phenoxy) is 2. The summed E-state index contributed by atoms with van der Waals surface area (Å²) in [5, 5.41) is 13.6. The monoisotopic (exact) mass is 472 g/mol. The Morgan fingerprint density at radius 3 is 2.51 bits per heavy atom. The van der Waals surface area contributed by atoms with Crippen molar-refractivity contribution in [2.45, 2.75) is 50.6 Å². The third kappa shape index (κ3) is 5.73. The Morgan fingerprint density at radius 2 is 1.77 bits per heavy atom. The second-order valence-electron chi connectivity index (χ2n) is 9.67. The first-order chi connectivity index (χ1) is 17.2. The van der Waals surface area contributed by atoms with E-state index in [4.69, 9.17) is 9.47 Å². The number of benzene rings is 3. The minimum absolute atomic E-state index is 0.192. The quantitative estimate of drug-likeness (QED) is 0.443. The van der Waals surface area contributed by atoms with E-state index in [0.29, 0.717) is 11.8 Å². The molecule has 35 heavy (non-hydrogen) atoms. The summed E-state index contributed by atoms with van der Waals surface area (Å²) in [6.45, 7) is 2.79. The molecule has 2 N–H and O–H groups in total. The molecule has 3 aromatic carbocycles. The molecule has 0 bridgehead atoms. The number of piperidine rings is 1. The van der Waals surface area contributed by atoms with Crippen LogP contribution in [-0.2, 0) is 12.8 Å². The molecule has 2 atom stereocenters. The van der Waals surface area contributed by atoms with Gasteiger partial charge in [0.05, 0.1) is 19.8 Å². The zero-order valence-corrected chi connectivity index (χ0v) is 20.6. The molecule has 0 spiro atoms. The fraction of sp³-hybridized carbons (Fsp3) is 0.400. The van der Waals surface area contributed by atoms with Crippen molar-refractivity contribution in [1.82, 2.24) is 5.32 Å². The molecule has 5 heteroatoms. The van der Waals surface area contributed by atoms with Crippen molar-refractivity contribution in [2.24, 2.45) is 0 Å². The molecule has 1 fully saturated rings. The maximum Gasteiger partial charge on any atom is 0.119 e. The van der Waals surface area contributed by atoms with Gasteiger partial charge in [0.2, 0.25) is 0 Å². The number of rotatable bonds is 8. The molecule has 2 heterocycles. The van der Waals surface area contributed by atoms with E-state index in [-0.39, 0.29) is 6.04 Å². The van der Waals surface area contributed by atoms with Gasteiger partial charge in [0.15, 0.2) is 0 Å². The van der Waals surface area contributed by atoms with Crippen LogP contribution < -0.4 is 19.7 Å². The van der Waals surface area contributed by atoms with E-state index in [1.165, 1.54) is 41.6 Å². The van der Waals surface area contributed by atoms with Gasteiger partial charge in [-0.15, -0.1) is 0 Å². The van der Waals surface area contributed by atoms with Crippen LogP contribution in [0.3, 0.4) is 0 Å². The Bertz CT molecular complexity index is 1090. The molecule has 2 aliphatic rings. The second-order valence-corrected chi connectivity index (χ2v) is 9.67. The summed E-state index contributed by atoms with van der Waals surface area (Å²) in [4.78, 5) is 2.47. The lowest BCUT2D eigenvalue weighted by Crippen LogP contribution is -2.36. The van der Waals surface area contributed by atoms with Gasteiger partial charge >= 0.3 is 0 Å². The fourth-order valence-corrected chi connectivity index (χ4v) is 5.44. The van der Waals surface area contributed by atoms with Gasteiger partial charge in [-0.05, 0) is 104 Å². The van der Waals surface area contributed by atoms with Gasteiger partial charge in [0.1, 0.15) is 17.2 Å². The predicted octanol–water partition coefficient (Wildman–Crippen LogP) is 5.66. The van der Waals surface area contributed by atoms with Crippen LogP contribution in [0.1, 0.15) is 48.4 Å². The SMILES string of the molecule is COc1ccc(N2CCc3cc(O)ccc3C2Cc2ccc(OCCC3CCCCN3)cc2)cc1. The number of phenolic OH excluding ortho intramolecular Hbond substituents is 1. The average Bonchev–Trinajstić information content (AvgIpc) is 2.90. The Balaban J connectivity index is 1.29. The van der Waals surface area contributed by atoms with Crippen LogP contribution >= 0.6 is 0 Å². The van der Waals surface area contributed by atoms with Crippen molar-refractivity contribution in [2.75, 3.05) is 31.7 Å². The van der Waals surface area contributed by atoms with E-state index >= 15 is 0 Å². The lowest BCUT2D eigenvalue weighted by atomic mass is 9.88. The van der Waals surface area contributed by atoms with Gasteiger partial charge in [-0.25, -0.2) is 0 Å². The predicted molar refractivity (Wildman–Crippen MR) is 141 cm³/mol. The molecule has 2 aliphatic heterocycles. The van der Waals surface area contributed by atoms with Crippen molar-refractivity contribution in [3.05, 3.63) is 83.4 Å². The van der Waals surface area contributed by atoms with Crippen LogP contribution in [0.25, 0.3) is 0 Å². The fourth-order valence-electron chi connectivity index (χ4n) is 5.44. The standard InChI is InChI=1S/C30H36N2O3/c1-34-27-12-7-25(8-13-27)32-18-15-23-21-26(33)9-14-29(23)30(32)20-22-5-10-28(11-6-22)35-19-16-24-4-2-3-17-31-24/h5-14,21,24,30-31,33H,2-4,15-20H2,1H3. The zero-order valence-electron chi connectivity index (χ0n) is 20.6. The molecule has 0 radical (unpaired) electrons. The molecule has 0 aliphatic carbocycles. The molecular weight excluding hydrogens is 436 g/mol. The third-order valence-electron chi connectivity index (χ3n) is 7.39. The molecule has 0 aromatic heterocycles. The van der Waals surface area contributed by atoms with Gasteiger partial charge in [0, 0.05) is 18.3 Å². The molecular formula is C30H36N2O3.